The first-order valence-electron chi connectivity index (χ1n) is 6.66. The fourth-order valence-electron chi connectivity index (χ4n) is 1.92. The largest absolute Gasteiger partial charge is 0.493 e. The van der Waals surface area contributed by atoms with E-state index in [1.165, 1.54) is 0 Å². The lowest BCUT2D eigenvalue weighted by atomic mass is 9.97. The van der Waals surface area contributed by atoms with Gasteiger partial charge < -0.3 is 14.8 Å². The molecule has 1 heterocycles. The van der Waals surface area contributed by atoms with Crippen LogP contribution in [-0.4, -0.2) is 31.7 Å². The first-order valence-corrected chi connectivity index (χ1v) is 7.65. The lowest BCUT2D eigenvalue weighted by Crippen LogP contribution is -2.30. The van der Waals surface area contributed by atoms with Gasteiger partial charge in [0.15, 0.2) is 16.7 Å². The molecule has 5 heteroatoms. The zero-order valence-electron chi connectivity index (χ0n) is 12.5. The van der Waals surface area contributed by atoms with Crippen LogP contribution in [0.3, 0.4) is 0 Å². The van der Waals surface area contributed by atoms with Gasteiger partial charge in [-0.25, -0.2) is 0 Å². The van der Waals surface area contributed by atoms with Crippen LogP contribution in [0.1, 0.15) is 19.4 Å². The Balaban J connectivity index is 1.96. The third-order valence-electron chi connectivity index (χ3n) is 3.14. The predicted molar refractivity (Wildman–Crippen MR) is 84.9 cm³/mol. The SMILES string of the molecule is COc1ccc(CNC2=NCC(C)(C)CS2)cc1OC. The van der Waals surface area contributed by atoms with E-state index >= 15 is 0 Å². The Morgan fingerprint density at radius 1 is 1.25 bits per heavy atom. The normalized spacial score (nSPS) is 17.3. The van der Waals surface area contributed by atoms with E-state index in [9.17, 15) is 0 Å². The van der Waals surface area contributed by atoms with Gasteiger partial charge in [-0.1, -0.05) is 31.7 Å². The molecule has 0 radical (unpaired) electrons. The minimum Gasteiger partial charge on any atom is -0.493 e. The van der Waals surface area contributed by atoms with Crippen molar-refractivity contribution in [3.8, 4) is 11.5 Å². The summed E-state index contributed by atoms with van der Waals surface area (Å²) < 4.78 is 10.5. The highest BCUT2D eigenvalue weighted by molar-refractivity contribution is 8.13. The number of nitrogens with zero attached hydrogens (tertiary/aromatic N) is 1. The quantitative estimate of drug-likeness (QED) is 0.927. The third kappa shape index (κ3) is 3.82. The molecule has 1 aliphatic heterocycles. The maximum absolute atomic E-state index is 5.31. The number of methoxy groups -OCH3 is 2. The number of thioether (sulfide) groups is 1. The van der Waals surface area contributed by atoms with Crippen molar-refractivity contribution < 1.29 is 9.47 Å². The number of benzene rings is 1. The maximum Gasteiger partial charge on any atom is 0.161 e. The molecule has 20 heavy (non-hydrogen) atoms. The molecular weight excluding hydrogens is 272 g/mol. The number of nitrogens with one attached hydrogen (secondary N) is 1. The van der Waals surface area contributed by atoms with Gasteiger partial charge in [-0.2, -0.15) is 0 Å². The molecule has 1 aliphatic rings. The molecule has 0 fully saturated rings. The Morgan fingerprint density at radius 2 is 2.00 bits per heavy atom. The minimum absolute atomic E-state index is 0.305. The van der Waals surface area contributed by atoms with Gasteiger partial charge in [0.05, 0.1) is 14.2 Å². The van der Waals surface area contributed by atoms with Gasteiger partial charge in [0.2, 0.25) is 0 Å². The van der Waals surface area contributed by atoms with Crippen molar-refractivity contribution >= 4 is 16.9 Å². The average molecular weight is 294 g/mol. The predicted octanol–water partition coefficient (Wildman–Crippen LogP) is 2.92. The van der Waals surface area contributed by atoms with Crippen LogP contribution in [0, 0.1) is 5.41 Å². The average Bonchev–Trinajstić information content (AvgIpc) is 2.45. The number of rotatable bonds is 4. The molecule has 0 saturated carbocycles. The molecular formula is C15H22N2O2S. The van der Waals surface area contributed by atoms with Crippen LogP contribution in [0.4, 0.5) is 0 Å². The van der Waals surface area contributed by atoms with Crippen molar-refractivity contribution in [2.75, 3.05) is 26.5 Å². The van der Waals surface area contributed by atoms with Gasteiger partial charge in [-0.3, -0.25) is 4.99 Å². The van der Waals surface area contributed by atoms with Crippen molar-refractivity contribution in [1.82, 2.24) is 5.32 Å². The molecule has 4 nitrogen and oxygen atoms in total. The molecule has 0 saturated heterocycles. The maximum atomic E-state index is 5.31. The lowest BCUT2D eigenvalue weighted by molar-refractivity contribution is 0.354. The highest BCUT2D eigenvalue weighted by Crippen LogP contribution is 2.29. The summed E-state index contributed by atoms with van der Waals surface area (Å²) in [4.78, 5) is 4.59. The Morgan fingerprint density at radius 3 is 2.60 bits per heavy atom. The second kappa shape index (κ2) is 6.39. The second-order valence-corrected chi connectivity index (χ2v) is 6.58. The van der Waals surface area contributed by atoms with E-state index in [0.717, 1.165) is 41.1 Å². The minimum atomic E-state index is 0.305. The van der Waals surface area contributed by atoms with Crippen LogP contribution < -0.4 is 14.8 Å². The number of ether oxygens (including phenoxy) is 2. The number of aliphatic imine (C=N–C) groups is 1. The molecule has 2 rings (SSSR count). The van der Waals surface area contributed by atoms with Gasteiger partial charge in [0.25, 0.3) is 0 Å². The zero-order chi connectivity index (χ0) is 14.6. The molecule has 0 bridgehead atoms. The third-order valence-corrected chi connectivity index (χ3v) is 4.61. The van der Waals surface area contributed by atoms with Crippen molar-refractivity contribution in [2.45, 2.75) is 20.4 Å². The second-order valence-electron chi connectivity index (χ2n) is 5.62. The smallest absolute Gasteiger partial charge is 0.161 e. The highest BCUT2D eigenvalue weighted by Gasteiger charge is 2.23. The summed E-state index contributed by atoms with van der Waals surface area (Å²) in [6.07, 6.45) is 0. The topological polar surface area (TPSA) is 42.8 Å². The van der Waals surface area contributed by atoms with Gasteiger partial charge >= 0.3 is 0 Å². The van der Waals surface area contributed by atoms with E-state index < -0.39 is 0 Å². The van der Waals surface area contributed by atoms with Crippen LogP contribution in [0.5, 0.6) is 11.5 Å². The lowest BCUT2D eigenvalue weighted by Gasteiger charge is -2.27. The molecule has 1 N–H and O–H groups in total. The Kier molecular flexibility index (Phi) is 4.81. The molecule has 110 valence electrons. The summed E-state index contributed by atoms with van der Waals surface area (Å²) >= 11 is 1.79. The molecule has 0 aromatic heterocycles. The zero-order valence-corrected chi connectivity index (χ0v) is 13.3. The summed E-state index contributed by atoms with van der Waals surface area (Å²) in [5.41, 5.74) is 1.45. The Hall–Kier alpha value is -1.36. The van der Waals surface area contributed by atoms with Crippen LogP contribution in [-0.2, 0) is 6.54 Å². The van der Waals surface area contributed by atoms with Crippen LogP contribution >= 0.6 is 11.8 Å². The van der Waals surface area contributed by atoms with Gasteiger partial charge in [0.1, 0.15) is 0 Å². The molecule has 1 aromatic carbocycles. The van der Waals surface area contributed by atoms with Crippen molar-refractivity contribution in [2.24, 2.45) is 10.4 Å². The summed E-state index contributed by atoms with van der Waals surface area (Å²) in [6, 6.07) is 5.95. The number of hydrogen-bond acceptors (Lipinski definition) is 5. The summed E-state index contributed by atoms with van der Waals surface area (Å²) in [5.74, 6) is 2.61. The standard InChI is InChI=1S/C15H22N2O2S/c1-15(2)9-17-14(20-10-15)16-8-11-5-6-12(18-3)13(7-11)19-4/h5-7H,8-10H2,1-4H3,(H,16,17). The van der Waals surface area contributed by atoms with Gasteiger partial charge in [0, 0.05) is 18.8 Å². The molecule has 0 aliphatic carbocycles. The highest BCUT2D eigenvalue weighted by atomic mass is 32.2. The van der Waals surface area contributed by atoms with E-state index in [4.69, 9.17) is 9.47 Å². The fourth-order valence-corrected chi connectivity index (χ4v) is 2.86. The number of amidine groups is 1. The van der Waals surface area contributed by atoms with Crippen LogP contribution in [0.2, 0.25) is 0 Å². The molecule has 0 spiro atoms. The first-order chi connectivity index (χ1) is 9.54. The van der Waals surface area contributed by atoms with Crippen molar-refractivity contribution in [3.05, 3.63) is 23.8 Å². The fraction of sp³-hybridized carbons (Fsp3) is 0.533. The van der Waals surface area contributed by atoms with Crippen LogP contribution in [0.25, 0.3) is 0 Å². The summed E-state index contributed by atoms with van der Waals surface area (Å²) in [6.45, 7) is 6.12. The summed E-state index contributed by atoms with van der Waals surface area (Å²) in [5, 5.41) is 4.41. The molecule has 0 atom stereocenters. The van der Waals surface area contributed by atoms with Gasteiger partial charge in [-0.15, -0.1) is 0 Å². The van der Waals surface area contributed by atoms with E-state index in [-0.39, 0.29) is 0 Å². The van der Waals surface area contributed by atoms with E-state index in [0.29, 0.717) is 5.41 Å². The monoisotopic (exact) mass is 294 g/mol. The van der Waals surface area contributed by atoms with Crippen LogP contribution in [0.15, 0.2) is 23.2 Å². The number of hydrogen-bond donors (Lipinski definition) is 1. The Labute approximate surface area is 125 Å². The molecule has 0 unspecified atom stereocenters. The Bertz CT molecular complexity index is 501. The first kappa shape index (κ1) is 15.0. The van der Waals surface area contributed by atoms with E-state index in [1.54, 1.807) is 26.0 Å². The van der Waals surface area contributed by atoms with E-state index in [1.807, 2.05) is 18.2 Å². The molecule has 0 amide bonds. The summed E-state index contributed by atoms with van der Waals surface area (Å²) in [7, 11) is 3.29. The van der Waals surface area contributed by atoms with Crippen molar-refractivity contribution in [3.63, 3.8) is 0 Å². The van der Waals surface area contributed by atoms with Gasteiger partial charge in [-0.05, 0) is 23.1 Å². The van der Waals surface area contributed by atoms with E-state index in [2.05, 4.69) is 24.2 Å². The van der Waals surface area contributed by atoms with Crippen molar-refractivity contribution in [1.29, 1.82) is 0 Å². The molecule has 1 aromatic rings.